The van der Waals surface area contributed by atoms with Gasteiger partial charge in [-0.1, -0.05) is 201 Å². The largest absolute Gasteiger partial charge is 0.462 e. The average Bonchev–Trinajstić information content (AvgIpc) is 3.24. The Morgan fingerprint density at radius 2 is 0.700 bits per heavy atom. The molecule has 6 heteroatoms. The van der Waals surface area contributed by atoms with E-state index < -0.39 is 12.1 Å². The highest BCUT2D eigenvalue weighted by Gasteiger charge is 2.19. The summed E-state index contributed by atoms with van der Waals surface area (Å²) in [7, 11) is 0. The molecule has 0 aromatic heterocycles. The summed E-state index contributed by atoms with van der Waals surface area (Å²) in [6.07, 6.45) is 62.7. The number of carbonyl (C=O) groups excluding carboxylic acids is 3. The smallest absolute Gasteiger partial charge is 0.306 e. The molecule has 340 valence electrons. The van der Waals surface area contributed by atoms with Crippen LogP contribution in [0.1, 0.15) is 207 Å². The summed E-state index contributed by atoms with van der Waals surface area (Å²) >= 11 is 0. The van der Waals surface area contributed by atoms with Crippen molar-refractivity contribution in [1.82, 2.24) is 0 Å². The zero-order chi connectivity index (χ0) is 43.7. The first-order valence-corrected chi connectivity index (χ1v) is 24.2. The second-order valence-corrected chi connectivity index (χ2v) is 15.6. The van der Waals surface area contributed by atoms with Gasteiger partial charge in [-0.2, -0.15) is 0 Å². The molecule has 0 heterocycles. The third-order valence-corrected chi connectivity index (χ3v) is 9.84. The van der Waals surface area contributed by atoms with E-state index in [2.05, 4.69) is 106 Å². The maximum absolute atomic E-state index is 12.7. The molecule has 1 unspecified atom stereocenters. The van der Waals surface area contributed by atoms with Gasteiger partial charge < -0.3 is 14.2 Å². The molecule has 0 fully saturated rings. The number of esters is 3. The number of ether oxygens (including phenoxy) is 3. The summed E-state index contributed by atoms with van der Waals surface area (Å²) in [6.45, 7) is 6.37. The van der Waals surface area contributed by atoms with E-state index in [0.29, 0.717) is 19.3 Å². The molecule has 0 aromatic rings. The van der Waals surface area contributed by atoms with E-state index in [4.69, 9.17) is 14.2 Å². The van der Waals surface area contributed by atoms with Crippen molar-refractivity contribution < 1.29 is 28.6 Å². The van der Waals surface area contributed by atoms with Crippen LogP contribution in [-0.4, -0.2) is 37.2 Å². The van der Waals surface area contributed by atoms with E-state index in [-0.39, 0.29) is 38.0 Å². The first kappa shape index (κ1) is 56.3. The van der Waals surface area contributed by atoms with Crippen LogP contribution in [0.5, 0.6) is 0 Å². The van der Waals surface area contributed by atoms with Gasteiger partial charge in [0.05, 0.1) is 0 Å². The lowest BCUT2D eigenvalue weighted by molar-refractivity contribution is -0.166. The number of unbranched alkanes of at least 4 members (excludes halogenated alkanes) is 15. The molecular weight excluding hydrogens is 745 g/mol. The topological polar surface area (TPSA) is 78.9 Å². The maximum atomic E-state index is 12.7. The standard InChI is InChI=1S/C54H88O6/c1-4-7-10-13-16-19-21-23-25-27-29-30-32-35-38-41-44-47-53(56)59-50-51(49-58-52(55)46-43-40-37-34-18-15-12-9-6-3)60-54(57)48-45-42-39-36-33-31-28-26-24-22-20-17-14-11-8-5-2/h8,11,17,20,23-26,29-31,33,35,38-39,42,51H,4-7,9-10,12-16,18-19,21-22,27-28,32,34,36-37,40-41,43-50H2,1-3H3/b11-8-,20-17-,25-23-,26-24-,30-29-,33-31-,38-35-,42-39-. The monoisotopic (exact) mass is 833 g/mol. The van der Waals surface area contributed by atoms with Crippen LogP contribution in [0.15, 0.2) is 97.2 Å². The molecule has 0 spiro atoms. The third kappa shape index (κ3) is 45.4. The van der Waals surface area contributed by atoms with Crippen molar-refractivity contribution in [3.63, 3.8) is 0 Å². The first-order valence-electron chi connectivity index (χ1n) is 24.2. The molecule has 60 heavy (non-hydrogen) atoms. The predicted molar refractivity (Wildman–Crippen MR) is 256 cm³/mol. The van der Waals surface area contributed by atoms with Crippen molar-refractivity contribution in [2.24, 2.45) is 0 Å². The summed E-state index contributed by atoms with van der Waals surface area (Å²) in [5, 5.41) is 0. The van der Waals surface area contributed by atoms with E-state index >= 15 is 0 Å². The van der Waals surface area contributed by atoms with Crippen molar-refractivity contribution in [2.45, 2.75) is 213 Å². The Labute approximate surface area is 368 Å². The highest BCUT2D eigenvalue weighted by atomic mass is 16.6. The Morgan fingerprint density at radius 3 is 1.15 bits per heavy atom. The van der Waals surface area contributed by atoms with Gasteiger partial charge in [-0.25, -0.2) is 0 Å². The number of carbonyl (C=O) groups is 3. The Kier molecular flexibility index (Phi) is 45.1. The van der Waals surface area contributed by atoms with Gasteiger partial charge in [0.15, 0.2) is 6.10 Å². The Balaban J connectivity index is 4.55. The van der Waals surface area contributed by atoms with Crippen LogP contribution < -0.4 is 0 Å². The molecule has 0 amide bonds. The lowest BCUT2D eigenvalue weighted by Crippen LogP contribution is -2.30. The molecular formula is C54H88O6. The maximum Gasteiger partial charge on any atom is 0.306 e. The summed E-state index contributed by atoms with van der Waals surface area (Å²) in [6, 6.07) is 0. The molecule has 0 rings (SSSR count). The van der Waals surface area contributed by atoms with Gasteiger partial charge in [-0.05, 0) is 83.5 Å². The number of hydrogen-bond donors (Lipinski definition) is 0. The SMILES string of the molecule is CC/C=C\C/C=C\C/C=C\C/C=C\C/C=C\CCC(=O)OC(COC(=O)CCC/C=C\C/C=C\C/C=C\CCCCCCCC)COC(=O)CCCCCCCCCCC. The summed E-state index contributed by atoms with van der Waals surface area (Å²) in [5.74, 6) is -1.07. The molecule has 0 aliphatic carbocycles. The van der Waals surface area contributed by atoms with E-state index in [9.17, 15) is 14.4 Å². The highest BCUT2D eigenvalue weighted by Crippen LogP contribution is 2.12. The van der Waals surface area contributed by atoms with Crippen LogP contribution in [0.25, 0.3) is 0 Å². The molecule has 0 aliphatic rings. The summed E-state index contributed by atoms with van der Waals surface area (Å²) in [5.41, 5.74) is 0. The minimum atomic E-state index is -0.834. The van der Waals surface area contributed by atoms with Gasteiger partial charge in [0.2, 0.25) is 0 Å². The van der Waals surface area contributed by atoms with E-state index in [1.165, 1.54) is 83.5 Å². The van der Waals surface area contributed by atoms with Crippen LogP contribution in [0.2, 0.25) is 0 Å². The fourth-order valence-electron chi connectivity index (χ4n) is 6.21. The molecule has 0 saturated carbocycles. The lowest BCUT2D eigenvalue weighted by Gasteiger charge is -2.18. The second-order valence-electron chi connectivity index (χ2n) is 15.6. The second kappa shape index (κ2) is 48.0. The number of hydrogen-bond acceptors (Lipinski definition) is 6. The average molecular weight is 833 g/mol. The lowest BCUT2D eigenvalue weighted by atomic mass is 10.1. The molecule has 1 atom stereocenters. The van der Waals surface area contributed by atoms with Crippen LogP contribution in [-0.2, 0) is 28.6 Å². The van der Waals surface area contributed by atoms with Gasteiger partial charge in [0, 0.05) is 19.3 Å². The Bertz CT molecular complexity index is 1230. The van der Waals surface area contributed by atoms with Gasteiger partial charge in [0.25, 0.3) is 0 Å². The van der Waals surface area contributed by atoms with E-state index in [1.807, 2.05) is 12.2 Å². The van der Waals surface area contributed by atoms with Gasteiger partial charge in [-0.15, -0.1) is 0 Å². The van der Waals surface area contributed by atoms with E-state index in [1.54, 1.807) is 0 Å². The van der Waals surface area contributed by atoms with Crippen molar-refractivity contribution in [3.05, 3.63) is 97.2 Å². The molecule has 0 radical (unpaired) electrons. The minimum Gasteiger partial charge on any atom is -0.462 e. The van der Waals surface area contributed by atoms with Crippen LogP contribution >= 0.6 is 0 Å². The van der Waals surface area contributed by atoms with Crippen molar-refractivity contribution in [1.29, 1.82) is 0 Å². The van der Waals surface area contributed by atoms with Crippen molar-refractivity contribution in [2.75, 3.05) is 13.2 Å². The Hall–Kier alpha value is -3.67. The number of allylic oxidation sites excluding steroid dienone is 16. The summed E-state index contributed by atoms with van der Waals surface area (Å²) in [4.78, 5) is 37.7. The molecule has 0 N–H and O–H groups in total. The fraction of sp³-hybridized carbons (Fsp3) is 0.648. The summed E-state index contributed by atoms with van der Waals surface area (Å²) < 4.78 is 16.6. The van der Waals surface area contributed by atoms with Crippen molar-refractivity contribution in [3.8, 4) is 0 Å². The fourth-order valence-corrected chi connectivity index (χ4v) is 6.21. The van der Waals surface area contributed by atoms with Crippen LogP contribution in [0.4, 0.5) is 0 Å². The quantitative estimate of drug-likeness (QED) is 0.0264. The molecule has 0 aliphatic heterocycles. The highest BCUT2D eigenvalue weighted by molar-refractivity contribution is 5.71. The van der Waals surface area contributed by atoms with Crippen molar-refractivity contribution >= 4 is 17.9 Å². The van der Waals surface area contributed by atoms with Gasteiger partial charge in [0.1, 0.15) is 13.2 Å². The zero-order valence-corrected chi connectivity index (χ0v) is 38.7. The molecule has 0 saturated heterocycles. The van der Waals surface area contributed by atoms with Gasteiger partial charge >= 0.3 is 17.9 Å². The van der Waals surface area contributed by atoms with E-state index in [0.717, 1.165) is 70.6 Å². The molecule has 0 bridgehead atoms. The first-order chi connectivity index (χ1) is 29.5. The predicted octanol–water partition coefficient (Wildman–Crippen LogP) is 15.8. The van der Waals surface area contributed by atoms with Gasteiger partial charge in [-0.3, -0.25) is 14.4 Å². The zero-order valence-electron chi connectivity index (χ0n) is 38.7. The normalized spacial score (nSPS) is 12.9. The minimum absolute atomic E-state index is 0.123. The Morgan fingerprint density at radius 1 is 0.350 bits per heavy atom. The molecule has 6 nitrogen and oxygen atoms in total. The number of rotatable bonds is 42. The molecule has 0 aromatic carbocycles. The third-order valence-electron chi connectivity index (χ3n) is 9.84. The van der Waals surface area contributed by atoms with Crippen LogP contribution in [0.3, 0.4) is 0 Å². The van der Waals surface area contributed by atoms with Crippen LogP contribution in [0, 0.1) is 0 Å².